The summed E-state index contributed by atoms with van der Waals surface area (Å²) in [5, 5.41) is 2.05. The number of nitrogens with zero attached hydrogens (tertiary/aromatic N) is 1. The minimum atomic E-state index is -0.0950. The van der Waals surface area contributed by atoms with Crippen LogP contribution in [0.25, 0.3) is 10.6 Å². The van der Waals surface area contributed by atoms with E-state index in [9.17, 15) is 0 Å². The lowest BCUT2D eigenvalue weighted by atomic mass is 10.2. The Morgan fingerprint density at radius 2 is 2.41 bits per heavy atom. The first-order valence-electron chi connectivity index (χ1n) is 5.57. The van der Waals surface area contributed by atoms with Crippen molar-refractivity contribution in [3.05, 3.63) is 29.0 Å². The Labute approximate surface area is 105 Å². The van der Waals surface area contributed by atoms with Crippen molar-refractivity contribution in [3.63, 3.8) is 0 Å². The molecule has 4 nitrogen and oxygen atoms in total. The highest BCUT2D eigenvalue weighted by molar-refractivity contribution is 7.13. The molecule has 0 amide bonds. The fourth-order valence-electron chi connectivity index (χ4n) is 1.69. The molecule has 1 unspecified atom stereocenters. The van der Waals surface area contributed by atoms with Crippen LogP contribution in [0.2, 0.25) is 0 Å². The van der Waals surface area contributed by atoms with Crippen LogP contribution >= 0.6 is 11.3 Å². The van der Waals surface area contributed by atoms with E-state index in [2.05, 4.69) is 16.0 Å². The smallest absolute Gasteiger partial charge is 0.124 e. The molecule has 92 valence electrons. The van der Waals surface area contributed by atoms with Gasteiger partial charge in [0.1, 0.15) is 11.5 Å². The van der Waals surface area contributed by atoms with Gasteiger partial charge in [-0.05, 0) is 24.8 Å². The lowest BCUT2D eigenvalue weighted by molar-refractivity contribution is 0.187. The Bertz CT molecular complexity index is 464. The fraction of sp³-hybridized carbons (Fsp3) is 0.417. The van der Waals surface area contributed by atoms with Gasteiger partial charge in [-0.2, -0.15) is 0 Å². The van der Waals surface area contributed by atoms with Gasteiger partial charge in [-0.15, -0.1) is 11.3 Å². The van der Waals surface area contributed by atoms with E-state index >= 15 is 0 Å². The zero-order chi connectivity index (χ0) is 12.3. The zero-order valence-corrected chi connectivity index (χ0v) is 10.9. The van der Waals surface area contributed by atoms with Gasteiger partial charge in [-0.1, -0.05) is 6.07 Å². The Morgan fingerprint density at radius 1 is 1.59 bits per heavy atom. The quantitative estimate of drug-likeness (QED) is 0.858. The highest BCUT2D eigenvalue weighted by Crippen LogP contribution is 2.27. The van der Waals surface area contributed by atoms with Crippen LogP contribution in [0.4, 0.5) is 0 Å². The van der Waals surface area contributed by atoms with Crippen LogP contribution in [0.15, 0.2) is 17.5 Å². The van der Waals surface area contributed by atoms with Gasteiger partial charge in [0, 0.05) is 19.4 Å². The van der Waals surface area contributed by atoms with Gasteiger partial charge in [0.25, 0.3) is 0 Å². The molecular formula is C12H17N3OS. The number of nitrogens with two attached hydrogens (primary N) is 1. The van der Waals surface area contributed by atoms with Crippen molar-refractivity contribution in [3.8, 4) is 10.6 Å². The normalized spacial score (nSPS) is 12.9. The van der Waals surface area contributed by atoms with Crippen LogP contribution < -0.4 is 5.73 Å². The number of aromatic amines is 1. The molecule has 0 saturated heterocycles. The Balaban J connectivity index is 2.19. The molecular weight excluding hydrogens is 234 g/mol. The monoisotopic (exact) mass is 251 g/mol. The van der Waals surface area contributed by atoms with Gasteiger partial charge < -0.3 is 15.5 Å². The van der Waals surface area contributed by atoms with Crippen LogP contribution in [0.5, 0.6) is 0 Å². The Morgan fingerprint density at radius 3 is 3.06 bits per heavy atom. The zero-order valence-electron chi connectivity index (χ0n) is 10.1. The number of H-pyrrole nitrogens is 1. The average molecular weight is 251 g/mol. The summed E-state index contributed by atoms with van der Waals surface area (Å²) in [6.45, 7) is 2.67. The number of rotatable bonds is 5. The van der Waals surface area contributed by atoms with Crippen molar-refractivity contribution in [1.82, 2.24) is 9.97 Å². The summed E-state index contributed by atoms with van der Waals surface area (Å²) < 4.78 is 5.02. The average Bonchev–Trinajstić information content (AvgIpc) is 2.94. The van der Waals surface area contributed by atoms with E-state index < -0.39 is 0 Å². The number of nitrogens with one attached hydrogen (secondary N) is 1. The topological polar surface area (TPSA) is 63.9 Å². The summed E-state index contributed by atoms with van der Waals surface area (Å²) in [5.41, 5.74) is 8.11. The molecule has 3 N–H and O–H groups in total. The molecule has 5 heteroatoms. The highest BCUT2D eigenvalue weighted by Gasteiger charge is 2.14. The number of aryl methyl sites for hydroxylation is 1. The molecule has 0 radical (unpaired) electrons. The van der Waals surface area contributed by atoms with Crippen LogP contribution in [-0.2, 0) is 4.74 Å². The molecule has 0 aromatic carbocycles. The maximum Gasteiger partial charge on any atom is 0.124 e. The van der Waals surface area contributed by atoms with Crippen LogP contribution in [-0.4, -0.2) is 23.7 Å². The molecule has 0 saturated carbocycles. The van der Waals surface area contributed by atoms with E-state index in [1.165, 1.54) is 4.88 Å². The minimum absolute atomic E-state index is 0.0950. The fourth-order valence-corrected chi connectivity index (χ4v) is 2.47. The van der Waals surface area contributed by atoms with E-state index in [1.54, 1.807) is 18.4 Å². The predicted molar refractivity (Wildman–Crippen MR) is 70.1 cm³/mol. The molecule has 0 aliphatic rings. The highest BCUT2D eigenvalue weighted by atomic mass is 32.1. The number of imidazole rings is 1. The van der Waals surface area contributed by atoms with Crippen LogP contribution in [0, 0.1) is 6.92 Å². The molecule has 2 aromatic rings. The third kappa shape index (κ3) is 2.74. The molecule has 1 atom stereocenters. The first-order valence-corrected chi connectivity index (χ1v) is 6.45. The van der Waals surface area contributed by atoms with Gasteiger partial charge in [0.15, 0.2) is 0 Å². The standard InChI is InChI=1S/C12H17N3OS/c1-8-11(10-4-3-7-17-10)15-12(14-8)9(13)5-6-16-2/h3-4,7,9H,5-6,13H2,1-2H3,(H,14,15). The number of hydrogen-bond donors (Lipinski definition) is 2. The molecule has 0 aliphatic carbocycles. The van der Waals surface area contributed by atoms with E-state index in [1.807, 2.05) is 18.4 Å². The van der Waals surface area contributed by atoms with Crippen LogP contribution in [0.1, 0.15) is 24.0 Å². The lowest BCUT2D eigenvalue weighted by Gasteiger charge is -2.06. The van der Waals surface area contributed by atoms with Crippen molar-refractivity contribution in [1.29, 1.82) is 0 Å². The van der Waals surface area contributed by atoms with E-state index in [0.717, 1.165) is 23.6 Å². The second-order valence-corrected chi connectivity index (χ2v) is 4.91. The molecule has 2 aromatic heterocycles. The van der Waals surface area contributed by atoms with Crippen LogP contribution in [0.3, 0.4) is 0 Å². The summed E-state index contributed by atoms with van der Waals surface area (Å²) in [5.74, 6) is 0.836. The third-order valence-electron chi connectivity index (χ3n) is 2.64. The molecule has 2 rings (SSSR count). The Kier molecular flexibility index (Phi) is 3.93. The summed E-state index contributed by atoms with van der Waals surface area (Å²) >= 11 is 1.69. The first kappa shape index (κ1) is 12.3. The molecule has 0 fully saturated rings. The van der Waals surface area contributed by atoms with Crippen molar-refractivity contribution in [2.24, 2.45) is 5.73 Å². The van der Waals surface area contributed by atoms with Gasteiger partial charge in [0.2, 0.25) is 0 Å². The summed E-state index contributed by atoms with van der Waals surface area (Å²) in [7, 11) is 1.68. The molecule has 0 bridgehead atoms. The molecule has 2 heterocycles. The largest absolute Gasteiger partial charge is 0.385 e. The number of aromatic nitrogens is 2. The summed E-state index contributed by atoms with van der Waals surface area (Å²) in [6, 6.07) is 4.00. The maximum absolute atomic E-state index is 6.05. The Hall–Kier alpha value is -1.17. The number of methoxy groups -OCH3 is 1. The molecule has 0 spiro atoms. The number of thiophene rings is 1. The minimum Gasteiger partial charge on any atom is -0.385 e. The van der Waals surface area contributed by atoms with E-state index in [-0.39, 0.29) is 6.04 Å². The molecule has 17 heavy (non-hydrogen) atoms. The SMILES string of the molecule is COCCC(N)c1nc(-c2cccs2)c(C)[nH]1. The van der Waals surface area contributed by atoms with Crippen molar-refractivity contribution < 1.29 is 4.74 Å². The third-order valence-corrected chi connectivity index (χ3v) is 3.52. The number of ether oxygens (including phenoxy) is 1. The van der Waals surface area contributed by atoms with E-state index in [0.29, 0.717) is 6.61 Å². The maximum atomic E-state index is 6.05. The van der Waals surface area contributed by atoms with Crippen molar-refractivity contribution in [2.75, 3.05) is 13.7 Å². The number of hydrogen-bond acceptors (Lipinski definition) is 4. The van der Waals surface area contributed by atoms with Gasteiger partial charge in [-0.25, -0.2) is 4.98 Å². The molecule has 0 aliphatic heterocycles. The van der Waals surface area contributed by atoms with E-state index in [4.69, 9.17) is 10.5 Å². The van der Waals surface area contributed by atoms with Gasteiger partial charge in [0.05, 0.1) is 10.9 Å². The second kappa shape index (κ2) is 5.44. The predicted octanol–water partition coefficient (Wildman–Crippen LogP) is 2.48. The van der Waals surface area contributed by atoms with Gasteiger partial charge in [-0.3, -0.25) is 0 Å². The summed E-state index contributed by atoms with van der Waals surface area (Å²) in [6.07, 6.45) is 0.771. The van der Waals surface area contributed by atoms with Crippen molar-refractivity contribution >= 4 is 11.3 Å². The first-order chi connectivity index (χ1) is 8.22. The summed E-state index contributed by atoms with van der Waals surface area (Å²) in [4.78, 5) is 9.01. The van der Waals surface area contributed by atoms with Gasteiger partial charge >= 0.3 is 0 Å². The van der Waals surface area contributed by atoms with Crippen molar-refractivity contribution in [2.45, 2.75) is 19.4 Å². The lowest BCUT2D eigenvalue weighted by Crippen LogP contribution is -2.14. The second-order valence-electron chi connectivity index (χ2n) is 3.96.